The molecule has 16 aromatic rings. The highest BCUT2D eigenvalue weighted by molar-refractivity contribution is 9.11. The standard InChI is InChI=1S/C40H39BrN4O3.C38H41BrN4O.C28H27BrN4OS/c1-43(2)18-17-40(47,34-15-8-13-29-12-6-7-14-33(29)34)35-27-32(41)26-30-25-31(24-28-10-4-3-5-11-28)38(42-37(30)35)44-19-21-45(22-20-44)39(46)36-16-9-23-48-36;1-41(2)19-18-38(44,33-16-10-5-11-17-33)34-27-36-31(26-35(34)39)25-32(24-29-12-6-3-7-13-29)37(40-36)43-22-20-42(21-23-43)28-30-14-8-4-9-15-30;1-32(2)12-10-28(34,25-9-6-14-35-25)24-18-23(29)17-21-16-22(15-20-7-4-3-5-8-20)27(31-26(21)24)33-13-11-30-19-33/h3-16,23,25-27,47H,17-22,24H2,1-2H3;3-17,25-27,44H,18-24,28H2,1-2H3;3-9,11,13-14,16-19,34H,10,12,15H2,1-2H3. The summed E-state index contributed by atoms with van der Waals surface area (Å²) in [5.41, 5.74) is 11.4. The Labute approximate surface area is 773 Å². The first kappa shape index (κ1) is 89.5. The van der Waals surface area contributed by atoms with Crippen molar-refractivity contribution in [2.45, 2.75) is 61.9 Å². The number of fused-ring (bicyclic) bond motifs is 4. The molecule has 1 amide bonds. The number of furan rings is 1. The lowest BCUT2D eigenvalue weighted by atomic mass is 9.80. The molecule has 648 valence electrons. The molecule has 2 aliphatic heterocycles. The average molecular weight is 1900 g/mol. The van der Waals surface area contributed by atoms with Crippen LogP contribution in [0.2, 0.25) is 0 Å². The third kappa shape index (κ3) is 21.0. The fourth-order valence-corrected chi connectivity index (χ4v) is 20.1. The average Bonchev–Trinajstić information content (AvgIpc) is 1.67. The van der Waals surface area contributed by atoms with Crippen LogP contribution in [0.1, 0.15) is 101 Å². The van der Waals surface area contributed by atoms with Crippen LogP contribution in [0.4, 0.5) is 11.6 Å². The summed E-state index contributed by atoms with van der Waals surface area (Å²) in [6, 6.07) is 93.3. The van der Waals surface area contributed by atoms with Gasteiger partial charge in [-0.3, -0.25) is 14.3 Å². The van der Waals surface area contributed by atoms with Crippen LogP contribution in [0.15, 0.2) is 321 Å². The molecule has 6 aromatic heterocycles. The molecule has 17 nitrogen and oxygen atoms in total. The van der Waals surface area contributed by atoms with Crippen LogP contribution < -0.4 is 9.80 Å². The Hall–Kier alpha value is -10.9. The summed E-state index contributed by atoms with van der Waals surface area (Å²) in [5.74, 6) is 3.02. The maximum Gasteiger partial charge on any atom is 0.289 e. The number of pyridine rings is 3. The number of amides is 1. The quantitative estimate of drug-likeness (QED) is 0.0444. The van der Waals surface area contributed by atoms with Crippen LogP contribution in [-0.2, 0) is 42.6 Å². The molecular formula is C106H107Br3N12O5S. The fourth-order valence-electron chi connectivity index (χ4n) is 17.6. The summed E-state index contributed by atoms with van der Waals surface area (Å²) in [6.45, 7) is 9.34. The lowest BCUT2D eigenvalue weighted by molar-refractivity contribution is 0.0623. The second kappa shape index (κ2) is 40.6. The predicted octanol–water partition coefficient (Wildman–Crippen LogP) is 20.6. The molecule has 0 radical (unpaired) electrons. The zero-order valence-electron chi connectivity index (χ0n) is 72.7. The molecule has 0 aliphatic carbocycles. The number of piperazine rings is 2. The number of imidazole rings is 1. The largest absolute Gasteiger partial charge is 0.459 e. The molecule has 0 bridgehead atoms. The normalized spacial score (nSPS) is 14.7. The Morgan fingerprint density at radius 3 is 1.46 bits per heavy atom. The highest BCUT2D eigenvalue weighted by Crippen LogP contribution is 2.46. The van der Waals surface area contributed by atoms with E-state index in [0.29, 0.717) is 64.2 Å². The van der Waals surface area contributed by atoms with E-state index in [1.165, 1.54) is 34.1 Å². The third-order valence-corrected chi connectivity index (χ3v) is 26.9. The van der Waals surface area contributed by atoms with E-state index in [1.54, 1.807) is 36.0 Å². The van der Waals surface area contributed by atoms with E-state index in [1.807, 2.05) is 154 Å². The first-order chi connectivity index (χ1) is 61.6. The summed E-state index contributed by atoms with van der Waals surface area (Å²) in [7, 11) is 12.2. The van der Waals surface area contributed by atoms with Crippen molar-refractivity contribution in [1.29, 1.82) is 0 Å². The molecule has 10 aromatic carbocycles. The van der Waals surface area contributed by atoms with Crippen LogP contribution in [0, 0.1) is 0 Å². The second-order valence-corrected chi connectivity index (χ2v) is 37.7. The number of hydrogen-bond acceptors (Lipinski definition) is 16. The molecule has 0 spiro atoms. The van der Waals surface area contributed by atoms with E-state index < -0.39 is 16.8 Å². The number of anilines is 2. The summed E-state index contributed by atoms with van der Waals surface area (Å²) >= 11 is 12.9. The van der Waals surface area contributed by atoms with Crippen LogP contribution in [0.25, 0.3) is 49.3 Å². The molecule has 2 saturated heterocycles. The van der Waals surface area contributed by atoms with Gasteiger partial charge in [-0.15, -0.1) is 11.3 Å². The summed E-state index contributed by atoms with van der Waals surface area (Å²) in [5, 5.41) is 44.8. The minimum absolute atomic E-state index is 0.0937. The van der Waals surface area contributed by atoms with Crippen molar-refractivity contribution in [2.75, 3.05) is 124 Å². The summed E-state index contributed by atoms with van der Waals surface area (Å²) < 4.78 is 10.1. The molecule has 2 aliphatic rings. The minimum atomic E-state index is -1.33. The number of benzene rings is 10. The first-order valence-electron chi connectivity index (χ1n) is 43.4. The molecular weight excluding hydrogens is 1790 g/mol. The molecule has 3 atom stereocenters. The van der Waals surface area contributed by atoms with Crippen molar-refractivity contribution in [2.24, 2.45) is 0 Å². The number of carbonyl (C=O) groups excluding carboxylic acids is 1. The number of aliphatic hydroxyl groups is 3. The second-order valence-electron chi connectivity index (χ2n) is 34.1. The van der Waals surface area contributed by atoms with Gasteiger partial charge < -0.3 is 49.1 Å². The van der Waals surface area contributed by atoms with Crippen LogP contribution >= 0.6 is 59.1 Å². The number of aromatic nitrogens is 5. The van der Waals surface area contributed by atoms with Gasteiger partial charge >= 0.3 is 0 Å². The molecule has 3 unspecified atom stereocenters. The van der Waals surface area contributed by atoms with E-state index in [2.05, 4.69) is 252 Å². The number of thiophene rings is 1. The summed E-state index contributed by atoms with van der Waals surface area (Å²) in [6.07, 6.45) is 10.9. The predicted molar refractivity (Wildman–Crippen MR) is 527 cm³/mol. The Morgan fingerprint density at radius 2 is 0.929 bits per heavy atom. The lowest BCUT2D eigenvalue weighted by Gasteiger charge is -2.37. The monoisotopic (exact) mass is 1900 g/mol. The highest BCUT2D eigenvalue weighted by Gasteiger charge is 2.40. The molecule has 127 heavy (non-hydrogen) atoms. The SMILES string of the molecule is CN(C)CCC(O)(c1cccc2ccccc12)c1cc(Br)cc2cc(Cc3ccccc3)c(N3CCN(C(=O)c4ccco4)CC3)nc12.CN(C)CCC(O)(c1ccccc1)c1cc2nc(N3CCN(Cc4ccccc4)CC3)c(Cc3ccccc3)cc2cc1Br.CN(C)CCC(O)(c1cccs1)c1cc(Br)cc2cc(Cc3ccccc3)c(-n3ccnc3)nc12. The number of halogens is 3. The zero-order valence-corrected chi connectivity index (χ0v) is 78.2. The van der Waals surface area contributed by atoms with Gasteiger partial charge in [-0.2, -0.15) is 0 Å². The van der Waals surface area contributed by atoms with Crippen molar-refractivity contribution in [3.05, 3.63) is 394 Å². The molecule has 2 fully saturated rings. The number of nitrogens with zero attached hydrogens (tertiary/aromatic N) is 12. The van der Waals surface area contributed by atoms with Gasteiger partial charge in [0.1, 0.15) is 40.6 Å². The van der Waals surface area contributed by atoms with Gasteiger partial charge in [-0.05, 0) is 195 Å². The topological polar surface area (TPSA) is 170 Å². The van der Waals surface area contributed by atoms with E-state index in [4.69, 9.17) is 19.4 Å². The Bertz CT molecular complexity index is 6360. The van der Waals surface area contributed by atoms with Crippen molar-refractivity contribution in [3.8, 4) is 5.82 Å². The van der Waals surface area contributed by atoms with E-state index in [-0.39, 0.29) is 5.91 Å². The van der Waals surface area contributed by atoms with Gasteiger partial charge in [0.2, 0.25) is 0 Å². The third-order valence-electron chi connectivity index (χ3n) is 24.3. The highest BCUT2D eigenvalue weighted by atomic mass is 79.9. The molecule has 18 rings (SSSR count). The number of rotatable bonds is 27. The Balaban J connectivity index is 0.000000142. The molecule has 0 saturated carbocycles. The molecule has 8 heterocycles. The van der Waals surface area contributed by atoms with Crippen LogP contribution in [-0.4, -0.2) is 185 Å². The van der Waals surface area contributed by atoms with Crippen molar-refractivity contribution >= 4 is 120 Å². The van der Waals surface area contributed by atoms with Gasteiger partial charge in [0.15, 0.2) is 5.76 Å². The van der Waals surface area contributed by atoms with E-state index in [9.17, 15) is 20.1 Å². The zero-order chi connectivity index (χ0) is 88.2. The van der Waals surface area contributed by atoms with Crippen LogP contribution in [0.5, 0.6) is 0 Å². The van der Waals surface area contributed by atoms with Gasteiger partial charge in [0.25, 0.3) is 5.91 Å². The summed E-state index contributed by atoms with van der Waals surface area (Å²) in [4.78, 5) is 49.7. The van der Waals surface area contributed by atoms with Gasteiger partial charge in [-0.1, -0.05) is 248 Å². The first-order valence-corrected chi connectivity index (χ1v) is 46.7. The van der Waals surface area contributed by atoms with E-state index in [0.717, 1.165) is 177 Å². The number of carbonyl (C=O) groups is 1. The van der Waals surface area contributed by atoms with Crippen molar-refractivity contribution < 1.29 is 24.5 Å². The smallest absolute Gasteiger partial charge is 0.289 e. The molecule has 21 heteroatoms. The van der Waals surface area contributed by atoms with Gasteiger partial charge in [-0.25, -0.2) is 19.9 Å². The van der Waals surface area contributed by atoms with Crippen molar-refractivity contribution in [1.82, 2.24) is 49.0 Å². The molecule has 3 N–H and O–H groups in total. The maximum absolute atomic E-state index is 13.1. The Morgan fingerprint density at radius 1 is 0.441 bits per heavy atom. The Kier molecular flexibility index (Phi) is 28.6. The van der Waals surface area contributed by atoms with Crippen molar-refractivity contribution in [3.63, 3.8) is 0 Å². The number of hydrogen-bond donors (Lipinski definition) is 3. The van der Waals surface area contributed by atoms with Gasteiger partial charge in [0, 0.05) is 167 Å². The fraction of sp³-hybridized carbons (Fsp3) is 0.255. The van der Waals surface area contributed by atoms with Crippen LogP contribution in [0.3, 0.4) is 0 Å². The van der Waals surface area contributed by atoms with Gasteiger partial charge in [0.05, 0.1) is 22.8 Å². The van der Waals surface area contributed by atoms with E-state index >= 15 is 0 Å². The maximum atomic E-state index is 13.1. The minimum Gasteiger partial charge on any atom is -0.459 e. The lowest BCUT2D eigenvalue weighted by Crippen LogP contribution is -2.49.